The molecule has 2 rings (SSSR count). The van der Waals surface area contributed by atoms with Crippen molar-refractivity contribution in [3.05, 3.63) is 40.6 Å². The molecule has 1 aromatic carbocycles. The predicted molar refractivity (Wildman–Crippen MR) is 74.8 cm³/mol. The van der Waals surface area contributed by atoms with Gasteiger partial charge in [0.15, 0.2) is 0 Å². The third-order valence-electron chi connectivity index (χ3n) is 2.74. The molecule has 2 N–H and O–H groups in total. The fourth-order valence-electron chi connectivity index (χ4n) is 1.88. The number of nitro benzene ring substituents is 1. The molecule has 7 heteroatoms. The average Bonchev–Trinajstić information content (AvgIpc) is 2.46. The van der Waals surface area contributed by atoms with Crippen molar-refractivity contribution in [3.63, 3.8) is 0 Å². The molecule has 0 fully saturated rings. The number of nitrogens with zero attached hydrogens (tertiary/aromatic N) is 2. The average molecular weight is 277 g/mol. The number of nitrogens with one attached hydrogen (secondary N) is 1. The molecule has 2 aromatic rings. The maximum absolute atomic E-state index is 11.0. The van der Waals surface area contributed by atoms with Crippen molar-refractivity contribution in [3.8, 4) is 0 Å². The zero-order valence-corrected chi connectivity index (χ0v) is 10.8. The van der Waals surface area contributed by atoms with Crippen LogP contribution in [0.1, 0.15) is 0 Å². The zero-order chi connectivity index (χ0) is 14.4. The molecule has 0 aliphatic carbocycles. The van der Waals surface area contributed by atoms with Gasteiger partial charge in [-0.3, -0.25) is 15.1 Å². The second-order valence-electron chi connectivity index (χ2n) is 4.05. The summed E-state index contributed by atoms with van der Waals surface area (Å²) < 4.78 is 5.14. The summed E-state index contributed by atoms with van der Waals surface area (Å²) in [6, 6.07) is 6.44. The van der Waals surface area contributed by atoms with Crippen LogP contribution >= 0.6 is 0 Å². The summed E-state index contributed by atoms with van der Waals surface area (Å²) in [4.78, 5) is 14.7. The molecule has 0 amide bonds. The van der Waals surface area contributed by atoms with Crippen LogP contribution in [-0.4, -0.2) is 41.4 Å². The quantitative estimate of drug-likeness (QED) is 0.453. The standard InChI is InChI=1S/C13H15N3O4/c17-7-9-20-8-6-14-11-3-4-12(16(18)19)10-2-1-5-15-13(10)11/h1-5,14,17H,6-9H2. The van der Waals surface area contributed by atoms with E-state index in [0.29, 0.717) is 30.7 Å². The van der Waals surface area contributed by atoms with E-state index in [2.05, 4.69) is 10.3 Å². The van der Waals surface area contributed by atoms with E-state index >= 15 is 0 Å². The van der Waals surface area contributed by atoms with Crippen LogP contribution in [0.5, 0.6) is 0 Å². The Morgan fingerprint density at radius 3 is 2.95 bits per heavy atom. The highest BCUT2D eigenvalue weighted by atomic mass is 16.6. The second kappa shape index (κ2) is 6.78. The first-order valence-corrected chi connectivity index (χ1v) is 6.18. The Bertz CT molecular complexity index is 603. The van der Waals surface area contributed by atoms with E-state index in [4.69, 9.17) is 9.84 Å². The summed E-state index contributed by atoms with van der Waals surface area (Å²) in [5, 5.41) is 23.2. The molecule has 0 spiro atoms. The minimum atomic E-state index is -0.418. The monoisotopic (exact) mass is 277 g/mol. The van der Waals surface area contributed by atoms with E-state index in [-0.39, 0.29) is 12.3 Å². The highest BCUT2D eigenvalue weighted by Crippen LogP contribution is 2.29. The highest BCUT2D eigenvalue weighted by molar-refractivity contribution is 5.96. The van der Waals surface area contributed by atoms with Crippen LogP contribution in [0.15, 0.2) is 30.5 Å². The topological polar surface area (TPSA) is 97.5 Å². The van der Waals surface area contributed by atoms with Gasteiger partial charge < -0.3 is 15.2 Å². The minimum Gasteiger partial charge on any atom is -0.394 e. The lowest BCUT2D eigenvalue weighted by Gasteiger charge is -2.09. The number of hydrogen-bond donors (Lipinski definition) is 2. The number of fused-ring (bicyclic) bond motifs is 1. The number of aliphatic hydroxyl groups excluding tert-OH is 1. The molecule has 0 unspecified atom stereocenters. The maximum atomic E-state index is 11.0. The van der Waals surface area contributed by atoms with E-state index in [1.165, 1.54) is 6.07 Å². The van der Waals surface area contributed by atoms with Crippen LogP contribution in [0.4, 0.5) is 11.4 Å². The summed E-state index contributed by atoms with van der Waals surface area (Å²) in [6.45, 7) is 1.25. The number of anilines is 1. The lowest BCUT2D eigenvalue weighted by molar-refractivity contribution is -0.383. The largest absolute Gasteiger partial charge is 0.394 e. The molecule has 1 aromatic heterocycles. The molecule has 0 bridgehead atoms. The molecule has 7 nitrogen and oxygen atoms in total. The Labute approximate surface area is 115 Å². The number of rotatable bonds is 7. The number of nitro groups is 1. The molecule has 20 heavy (non-hydrogen) atoms. The molecule has 106 valence electrons. The van der Waals surface area contributed by atoms with Crippen molar-refractivity contribution >= 4 is 22.3 Å². The molecular weight excluding hydrogens is 262 g/mol. The van der Waals surface area contributed by atoms with Crippen LogP contribution in [0.25, 0.3) is 10.9 Å². The van der Waals surface area contributed by atoms with Crippen molar-refractivity contribution < 1.29 is 14.8 Å². The summed E-state index contributed by atoms with van der Waals surface area (Å²) in [5.74, 6) is 0. The van der Waals surface area contributed by atoms with Crippen molar-refractivity contribution in [2.24, 2.45) is 0 Å². The van der Waals surface area contributed by atoms with Gasteiger partial charge in [0.2, 0.25) is 0 Å². The van der Waals surface area contributed by atoms with Gasteiger partial charge >= 0.3 is 0 Å². The third kappa shape index (κ3) is 3.19. The van der Waals surface area contributed by atoms with E-state index in [1.807, 2.05) is 0 Å². The number of hydrogen-bond acceptors (Lipinski definition) is 6. The summed E-state index contributed by atoms with van der Waals surface area (Å²) in [5.41, 5.74) is 1.32. The maximum Gasteiger partial charge on any atom is 0.278 e. The van der Waals surface area contributed by atoms with E-state index in [9.17, 15) is 10.1 Å². The van der Waals surface area contributed by atoms with Crippen molar-refractivity contribution in [1.29, 1.82) is 0 Å². The molecule has 0 aliphatic rings. The van der Waals surface area contributed by atoms with Crippen LogP contribution < -0.4 is 5.32 Å². The molecule has 0 radical (unpaired) electrons. The fourth-order valence-corrected chi connectivity index (χ4v) is 1.88. The number of aromatic nitrogens is 1. The van der Waals surface area contributed by atoms with Gasteiger partial charge in [-0.1, -0.05) is 0 Å². The number of pyridine rings is 1. The number of non-ortho nitro benzene ring substituents is 1. The van der Waals surface area contributed by atoms with Gasteiger partial charge in [0.1, 0.15) is 5.52 Å². The third-order valence-corrected chi connectivity index (χ3v) is 2.74. The Kier molecular flexibility index (Phi) is 4.80. The first kappa shape index (κ1) is 14.2. The Balaban J connectivity index is 2.18. The van der Waals surface area contributed by atoms with Crippen molar-refractivity contribution in [2.75, 3.05) is 31.7 Å². The molecule has 1 heterocycles. The van der Waals surface area contributed by atoms with Crippen LogP contribution in [0.2, 0.25) is 0 Å². The SMILES string of the molecule is O=[N+]([O-])c1ccc(NCCOCCO)c2ncccc12. The normalized spacial score (nSPS) is 10.7. The minimum absolute atomic E-state index is 0.0119. The van der Waals surface area contributed by atoms with E-state index in [0.717, 1.165) is 5.69 Å². The van der Waals surface area contributed by atoms with Crippen LogP contribution in [0.3, 0.4) is 0 Å². The van der Waals surface area contributed by atoms with Crippen molar-refractivity contribution in [1.82, 2.24) is 4.98 Å². The number of aliphatic hydroxyl groups is 1. The number of ether oxygens (including phenoxy) is 1. The van der Waals surface area contributed by atoms with Gasteiger partial charge in [-0.25, -0.2) is 0 Å². The van der Waals surface area contributed by atoms with Gasteiger partial charge in [-0.15, -0.1) is 0 Å². The smallest absolute Gasteiger partial charge is 0.278 e. The summed E-state index contributed by atoms with van der Waals surface area (Å²) in [7, 11) is 0. The highest BCUT2D eigenvalue weighted by Gasteiger charge is 2.14. The Hall–Kier alpha value is -2.25. The fraction of sp³-hybridized carbons (Fsp3) is 0.308. The molecule has 0 aliphatic heterocycles. The first-order valence-electron chi connectivity index (χ1n) is 6.18. The van der Waals surface area contributed by atoms with Gasteiger partial charge in [-0.2, -0.15) is 0 Å². The summed E-state index contributed by atoms with van der Waals surface area (Å²) in [6.07, 6.45) is 1.60. The Morgan fingerprint density at radius 2 is 2.20 bits per heavy atom. The first-order chi connectivity index (χ1) is 9.74. The molecule has 0 atom stereocenters. The van der Waals surface area contributed by atoms with Crippen molar-refractivity contribution in [2.45, 2.75) is 0 Å². The van der Waals surface area contributed by atoms with Gasteiger partial charge in [-0.05, 0) is 18.2 Å². The molecule has 0 saturated carbocycles. The second-order valence-corrected chi connectivity index (χ2v) is 4.05. The van der Waals surface area contributed by atoms with E-state index in [1.54, 1.807) is 24.4 Å². The van der Waals surface area contributed by atoms with Crippen LogP contribution in [-0.2, 0) is 4.74 Å². The number of benzene rings is 1. The molecular formula is C13H15N3O4. The zero-order valence-electron chi connectivity index (χ0n) is 10.8. The summed E-state index contributed by atoms with van der Waals surface area (Å²) >= 11 is 0. The van der Waals surface area contributed by atoms with Gasteiger partial charge in [0.05, 0.1) is 35.8 Å². The lowest BCUT2D eigenvalue weighted by Crippen LogP contribution is -2.11. The van der Waals surface area contributed by atoms with Crippen LogP contribution in [0, 0.1) is 10.1 Å². The van der Waals surface area contributed by atoms with E-state index < -0.39 is 4.92 Å². The van der Waals surface area contributed by atoms with Gasteiger partial charge in [0, 0.05) is 18.8 Å². The molecule has 0 saturated heterocycles. The Morgan fingerprint density at radius 1 is 1.35 bits per heavy atom. The van der Waals surface area contributed by atoms with Gasteiger partial charge in [0.25, 0.3) is 5.69 Å². The lowest BCUT2D eigenvalue weighted by atomic mass is 10.1. The predicted octanol–water partition coefficient (Wildman–Crippen LogP) is 1.56.